The number of hydrogen-bond acceptors (Lipinski definition) is 6. The van der Waals surface area contributed by atoms with Crippen LogP contribution in [0, 0.1) is 5.82 Å². The standard InChI is InChI=1S/C21H21ClFN3O6S/c22-14-8-13(9-15(23)10-14)12-24-20(28)32-21(29)6-7-26(19(21)27)17-3-1-2-16(11-17)25-33(30,31)18-4-5-18/h1-3,8-11,18,25,29H,4-7,12H2,(H,24,28)/t21-/m1/s1. The molecule has 1 aliphatic carbocycles. The molecule has 4 rings (SSSR count). The molecule has 33 heavy (non-hydrogen) atoms. The van der Waals surface area contributed by atoms with Gasteiger partial charge in [-0.15, -0.1) is 0 Å². The molecule has 3 N–H and O–H groups in total. The Labute approximate surface area is 194 Å². The van der Waals surface area contributed by atoms with Gasteiger partial charge in [0.15, 0.2) is 0 Å². The van der Waals surface area contributed by atoms with Crippen LogP contribution in [0.25, 0.3) is 0 Å². The minimum atomic E-state index is -3.48. The van der Waals surface area contributed by atoms with Gasteiger partial charge in [-0.2, -0.15) is 0 Å². The van der Waals surface area contributed by atoms with E-state index in [4.69, 9.17) is 16.3 Å². The highest BCUT2D eigenvalue weighted by Gasteiger charge is 2.49. The monoisotopic (exact) mass is 497 g/mol. The summed E-state index contributed by atoms with van der Waals surface area (Å²) in [5.74, 6) is -3.84. The zero-order valence-corrected chi connectivity index (χ0v) is 18.8. The van der Waals surface area contributed by atoms with Gasteiger partial charge in [0.25, 0.3) is 11.7 Å². The number of hydrogen-bond donors (Lipinski definition) is 3. The lowest BCUT2D eigenvalue weighted by atomic mass is 10.2. The highest BCUT2D eigenvalue weighted by Crippen LogP contribution is 2.33. The smallest absolute Gasteiger partial charge is 0.407 e. The van der Waals surface area contributed by atoms with Crippen LogP contribution < -0.4 is 14.9 Å². The van der Waals surface area contributed by atoms with Gasteiger partial charge >= 0.3 is 6.09 Å². The van der Waals surface area contributed by atoms with Crippen LogP contribution in [0.15, 0.2) is 42.5 Å². The van der Waals surface area contributed by atoms with Crippen molar-refractivity contribution in [2.75, 3.05) is 16.2 Å². The van der Waals surface area contributed by atoms with Gasteiger partial charge in [0.05, 0.1) is 10.9 Å². The Bertz CT molecular complexity index is 1190. The Morgan fingerprint density at radius 3 is 2.73 bits per heavy atom. The minimum absolute atomic E-state index is 0.0426. The molecular weight excluding hydrogens is 477 g/mol. The van der Waals surface area contributed by atoms with Crippen molar-refractivity contribution < 1.29 is 32.2 Å². The maximum absolute atomic E-state index is 13.4. The number of sulfonamides is 1. The molecule has 0 aromatic heterocycles. The van der Waals surface area contributed by atoms with Gasteiger partial charge in [0, 0.05) is 30.2 Å². The van der Waals surface area contributed by atoms with E-state index in [-0.39, 0.29) is 30.2 Å². The van der Waals surface area contributed by atoms with E-state index in [1.807, 2.05) is 0 Å². The first kappa shape index (κ1) is 23.3. The molecule has 1 atom stereocenters. The lowest BCUT2D eigenvalue weighted by molar-refractivity contribution is -0.175. The third-order valence-electron chi connectivity index (χ3n) is 5.26. The highest BCUT2D eigenvalue weighted by atomic mass is 35.5. The SMILES string of the molecule is O=C(NCc1cc(F)cc(Cl)c1)O[C@]1(O)CCN(c2cccc(NS(=O)(=O)C3CC3)c2)C1=O. The van der Waals surface area contributed by atoms with Crippen LogP contribution in [0.5, 0.6) is 0 Å². The molecule has 0 unspecified atom stereocenters. The Morgan fingerprint density at radius 1 is 1.27 bits per heavy atom. The first-order valence-corrected chi connectivity index (χ1v) is 12.1. The number of ether oxygens (including phenoxy) is 1. The molecule has 2 amide bonds. The van der Waals surface area contributed by atoms with E-state index < -0.39 is 38.9 Å². The number of amides is 2. The largest absolute Gasteiger partial charge is 0.410 e. The minimum Gasteiger partial charge on any atom is -0.407 e. The van der Waals surface area contributed by atoms with E-state index in [1.54, 1.807) is 18.2 Å². The number of benzene rings is 2. The van der Waals surface area contributed by atoms with Gasteiger partial charge in [0.1, 0.15) is 5.82 Å². The quantitative estimate of drug-likeness (QED) is 0.505. The zero-order chi connectivity index (χ0) is 23.8. The molecule has 1 saturated heterocycles. The first-order chi connectivity index (χ1) is 15.6. The van der Waals surface area contributed by atoms with Gasteiger partial charge in [-0.3, -0.25) is 9.52 Å². The lowest BCUT2D eigenvalue weighted by Gasteiger charge is -2.23. The number of nitrogens with zero attached hydrogens (tertiary/aromatic N) is 1. The summed E-state index contributed by atoms with van der Waals surface area (Å²) >= 11 is 5.77. The Balaban J connectivity index is 1.39. The highest BCUT2D eigenvalue weighted by molar-refractivity contribution is 7.93. The Kier molecular flexibility index (Phi) is 6.21. The summed E-state index contributed by atoms with van der Waals surface area (Å²) in [5.41, 5.74) is 0.995. The normalized spacial score (nSPS) is 20.6. The van der Waals surface area contributed by atoms with Crippen LogP contribution in [0.2, 0.25) is 5.02 Å². The van der Waals surface area contributed by atoms with E-state index in [0.717, 1.165) is 6.07 Å². The van der Waals surface area contributed by atoms with Crippen LogP contribution in [-0.2, 0) is 26.1 Å². The number of rotatable bonds is 7. The molecular formula is C21H21ClFN3O6S. The van der Waals surface area contributed by atoms with E-state index in [0.29, 0.717) is 24.1 Å². The zero-order valence-electron chi connectivity index (χ0n) is 17.3. The summed E-state index contributed by atoms with van der Waals surface area (Å²) in [7, 11) is -3.48. The van der Waals surface area contributed by atoms with Crippen LogP contribution in [0.1, 0.15) is 24.8 Å². The van der Waals surface area contributed by atoms with Crippen LogP contribution in [0.4, 0.5) is 20.6 Å². The van der Waals surface area contributed by atoms with Crippen molar-refractivity contribution in [2.24, 2.45) is 0 Å². The average molecular weight is 498 g/mol. The summed E-state index contributed by atoms with van der Waals surface area (Å²) in [6, 6.07) is 9.91. The van der Waals surface area contributed by atoms with Crippen molar-refractivity contribution in [1.82, 2.24) is 5.32 Å². The van der Waals surface area contributed by atoms with Crippen molar-refractivity contribution in [2.45, 2.75) is 36.8 Å². The Hall–Kier alpha value is -2.89. The van der Waals surface area contributed by atoms with E-state index in [2.05, 4.69) is 10.0 Å². The number of aliphatic hydroxyl groups is 1. The van der Waals surface area contributed by atoms with Crippen molar-refractivity contribution in [3.05, 3.63) is 58.9 Å². The molecule has 2 aromatic carbocycles. The van der Waals surface area contributed by atoms with Gasteiger partial charge in [0.2, 0.25) is 10.0 Å². The molecule has 9 nitrogen and oxygen atoms in total. The van der Waals surface area contributed by atoms with E-state index in [9.17, 15) is 27.5 Å². The fourth-order valence-corrected chi connectivity index (χ4v) is 5.09. The first-order valence-electron chi connectivity index (χ1n) is 10.1. The van der Waals surface area contributed by atoms with Crippen molar-refractivity contribution in [3.8, 4) is 0 Å². The van der Waals surface area contributed by atoms with Crippen LogP contribution in [0.3, 0.4) is 0 Å². The number of alkyl carbamates (subject to hydrolysis) is 1. The molecule has 176 valence electrons. The predicted molar refractivity (Wildman–Crippen MR) is 119 cm³/mol. The van der Waals surface area contributed by atoms with Gasteiger partial charge in [-0.1, -0.05) is 17.7 Å². The molecule has 12 heteroatoms. The summed E-state index contributed by atoms with van der Waals surface area (Å²) in [4.78, 5) is 26.2. The van der Waals surface area contributed by atoms with Gasteiger partial charge in [-0.05, 0) is 54.8 Å². The molecule has 1 aliphatic heterocycles. The predicted octanol–water partition coefficient (Wildman–Crippen LogP) is 2.73. The fraction of sp³-hybridized carbons (Fsp3) is 0.333. The van der Waals surface area contributed by atoms with Crippen LogP contribution in [-0.4, -0.2) is 43.1 Å². The Morgan fingerprint density at radius 2 is 2.03 bits per heavy atom. The summed E-state index contributed by atoms with van der Waals surface area (Å²) in [6.07, 6.45) is -0.0428. The molecule has 1 heterocycles. The topological polar surface area (TPSA) is 125 Å². The van der Waals surface area contributed by atoms with E-state index in [1.165, 1.54) is 23.1 Å². The molecule has 2 aliphatic rings. The van der Waals surface area contributed by atoms with E-state index >= 15 is 0 Å². The van der Waals surface area contributed by atoms with Crippen LogP contribution >= 0.6 is 11.6 Å². The molecule has 1 saturated carbocycles. The number of carbonyl (C=O) groups is 2. The van der Waals surface area contributed by atoms with Crippen molar-refractivity contribution in [1.29, 1.82) is 0 Å². The number of carbonyl (C=O) groups excluding carboxylic acids is 2. The molecule has 2 fully saturated rings. The molecule has 0 bridgehead atoms. The van der Waals surface area contributed by atoms with Crippen molar-refractivity contribution in [3.63, 3.8) is 0 Å². The second kappa shape index (κ2) is 8.81. The number of nitrogens with one attached hydrogen (secondary N) is 2. The third kappa shape index (κ3) is 5.37. The number of anilines is 2. The lowest BCUT2D eigenvalue weighted by Crippen LogP contribution is -2.46. The molecule has 2 aromatic rings. The summed E-state index contributed by atoms with van der Waals surface area (Å²) < 4.78 is 45.2. The van der Waals surface area contributed by atoms with Gasteiger partial charge in [-0.25, -0.2) is 17.6 Å². The molecule has 0 spiro atoms. The number of halogens is 2. The summed E-state index contributed by atoms with van der Waals surface area (Å²) in [5, 5.41) is 12.7. The second-order valence-corrected chi connectivity index (χ2v) is 10.3. The second-order valence-electron chi connectivity index (χ2n) is 7.91. The van der Waals surface area contributed by atoms with Gasteiger partial charge < -0.3 is 20.1 Å². The van der Waals surface area contributed by atoms with Crippen molar-refractivity contribution >= 4 is 45.0 Å². The maximum Gasteiger partial charge on any atom is 0.410 e. The fourth-order valence-electron chi connectivity index (χ4n) is 3.46. The summed E-state index contributed by atoms with van der Waals surface area (Å²) in [6.45, 7) is -0.0889. The average Bonchev–Trinajstić information content (AvgIpc) is 3.54. The molecule has 0 radical (unpaired) electrons. The maximum atomic E-state index is 13.4. The third-order valence-corrected chi connectivity index (χ3v) is 7.34.